The number of carbonyl (C=O) groups is 3. The molecule has 0 radical (unpaired) electrons. The van der Waals surface area contributed by atoms with Crippen LogP contribution in [-0.4, -0.2) is 41.2 Å². The van der Waals surface area contributed by atoms with Crippen molar-refractivity contribution in [2.45, 2.75) is 76.9 Å². The number of aryl methyl sites for hydroxylation is 2. The molecule has 2 unspecified atom stereocenters. The second-order valence-electron chi connectivity index (χ2n) is 10.0. The Morgan fingerprint density at radius 2 is 1.89 bits per heavy atom. The Morgan fingerprint density at radius 3 is 2.71 bits per heavy atom. The van der Waals surface area contributed by atoms with Gasteiger partial charge in [0.25, 0.3) is 5.91 Å². The number of benzene rings is 2. The summed E-state index contributed by atoms with van der Waals surface area (Å²) in [4.78, 5) is 40.9. The molecule has 2 atom stereocenters. The fourth-order valence-corrected chi connectivity index (χ4v) is 5.79. The highest BCUT2D eigenvalue weighted by molar-refractivity contribution is 6.05. The van der Waals surface area contributed by atoms with Crippen molar-refractivity contribution >= 4 is 23.4 Å². The molecule has 2 aromatic rings. The average Bonchev–Trinajstić information content (AvgIpc) is 3.17. The number of rotatable bonds is 7. The highest BCUT2D eigenvalue weighted by Crippen LogP contribution is 2.32. The van der Waals surface area contributed by atoms with Gasteiger partial charge in [0, 0.05) is 36.8 Å². The van der Waals surface area contributed by atoms with Gasteiger partial charge in [-0.1, -0.05) is 18.6 Å². The van der Waals surface area contributed by atoms with Crippen LogP contribution < -0.4 is 10.2 Å². The normalized spacial score (nSPS) is 21.7. The zero-order chi connectivity index (χ0) is 24.5. The highest BCUT2D eigenvalue weighted by Gasteiger charge is 2.39. The summed E-state index contributed by atoms with van der Waals surface area (Å²) in [5.41, 5.74) is 5.13. The molecule has 3 aliphatic rings. The number of imide groups is 1. The van der Waals surface area contributed by atoms with Crippen LogP contribution >= 0.6 is 0 Å². The fraction of sp³-hybridized carbons (Fsp3) is 0.464. The van der Waals surface area contributed by atoms with Crippen molar-refractivity contribution in [3.63, 3.8) is 0 Å². The molecule has 0 aromatic heterocycles. The number of nitrogens with one attached hydrogen (secondary N) is 1. The van der Waals surface area contributed by atoms with E-state index in [0.29, 0.717) is 24.6 Å². The second kappa shape index (κ2) is 9.80. The minimum Gasteiger partial charge on any atom is -0.369 e. The molecule has 3 aliphatic heterocycles. The fourth-order valence-electron chi connectivity index (χ4n) is 5.79. The van der Waals surface area contributed by atoms with E-state index in [0.717, 1.165) is 67.4 Å². The summed E-state index contributed by atoms with van der Waals surface area (Å²) >= 11 is 0. The molecule has 0 aliphatic carbocycles. The third-order valence-electron chi connectivity index (χ3n) is 7.74. The number of nitrogens with zero attached hydrogens (tertiary/aromatic N) is 2. The van der Waals surface area contributed by atoms with Crippen LogP contribution in [0.1, 0.15) is 72.5 Å². The molecule has 1 fully saturated rings. The lowest BCUT2D eigenvalue weighted by molar-refractivity contribution is -0.136. The molecule has 1 N–H and O–H groups in total. The Bertz CT molecular complexity index is 1160. The van der Waals surface area contributed by atoms with Gasteiger partial charge in [0.1, 0.15) is 11.9 Å². The van der Waals surface area contributed by atoms with Crippen molar-refractivity contribution in [1.82, 2.24) is 10.2 Å². The predicted molar refractivity (Wildman–Crippen MR) is 132 cm³/mol. The van der Waals surface area contributed by atoms with Crippen LogP contribution in [0.3, 0.4) is 0 Å². The number of hydrogen-bond donors (Lipinski definition) is 1. The van der Waals surface area contributed by atoms with E-state index in [1.807, 2.05) is 18.2 Å². The largest absolute Gasteiger partial charge is 0.369 e. The first-order valence-electron chi connectivity index (χ1n) is 12.7. The lowest BCUT2D eigenvalue weighted by Gasteiger charge is -2.37. The minimum absolute atomic E-state index is 0.120. The summed E-state index contributed by atoms with van der Waals surface area (Å²) in [7, 11) is 0. The monoisotopic (exact) mass is 477 g/mol. The van der Waals surface area contributed by atoms with Crippen LogP contribution in [0.25, 0.3) is 0 Å². The highest BCUT2D eigenvalue weighted by atomic mass is 19.1. The second-order valence-corrected chi connectivity index (χ2v) is 10.0. The maximum absolute atomic E-state index is 13.6. The molecule has 3 amide bonds. The van der Waals surface area contributed by atoms with Crippen molar-refractivity contribution in [3.8, 4) is 0 Å². The van der Waals surface area contributed by atoms with Crippen LogP contribution in [0.2, 0.25) is 0 Å². The first kappa shape index (κ1) is 23.5. The van der Waals surface area contributed by atoms with E-state index in [1.165, 1.54) is 0 Å². The van der Waals surface area contributed by atoms with Gasteiger partial charge in [-0.05, 0) is 86.4 Å². The maximum atomic E-state index is 13.6. The standard InChI is InChI=1S/C28H32FN3O3/c1-18-9-10-20-16-21(29)11-12-24(20)31(18)15-4-2-3-6-19-7-5-8-22-23(19)17-32(28(22)35)25-13-14-26(33)30-27(25)34/h5,7-8,11-12,16,18,25H,2-4,6,9-10,13-15,17H2,1H3,(H,30,33,34). The van der Waals surface area contributed by atoms with E-state index >= 15 is 0 Å². The van der Waals surface area contributed by atoms with E-state index in [4.69, 9.17) is 0 Å². The zero-order valence-electron chi connectivity index (χ0n) is 20.2. The quantitative estimate of drug-likeness (QED) is 0.481. The number of hydrogen-bond acceptors (Lipinski definition) is 4. The summed E-state index contributed by atoms with van der Waals surface area (Å²) in [6, 6.07) is 10.9. The molecule has 3 heterocycles. The average molecular weight is 478 g/mol. The Balaban J connectivity index is 1.17. The molecule has 5 rings (SSSR count). The van der Waals surface area contributed by atoms with Crippen LogP contribution in [0.15, 0.2) is 36.4 Å². The third kappa shape index (κ3) is 4.68. The van der Waals surface area contributed by atoms with Gasteiger partial charge in [-0.15, -0.1) is 0 Å². The molecule has 6 nitrogen and oxygen atoms in total. The van der Waals surface area contributed by atoms with Gasteiger partial charge >= 0.3 is 0 Å². The number of piperidine rings is 1. The zero-order valence-corrected chi connectivity index (χ0v) is 20.2. The number of anilines is 1. The molecule has 184 valence electrons. The molecule has 0 bridgehead atoms. The Labute approximate surface area is 205 Å². The summed E-state index contributed by atoms with van der Waals surface area (Å²) in [5, 5.41) is 2.36. The van der Waals surface area contributed by atoms with Crippen molar-refractivity contribution in [2.24, 2.45) is 0 Å². The topological polar surface area (TPSA) is 69.7 Å². The maximum Gasteiger partial charge on any atom is 0.255 e. The summed E-state index contributed by atoms with van der Waals surface area (Å²) in [6.45, 7) is 3.62. The molecule has 2 aromatic carbocycles. The predicted octanol–water partition coefficient (Wildman–Crippen LogP) is 4.14. The van der Waals surface area contributed by atoms with Crippen LogP contribution in [0.4, 0.5) is 10.1 Å². The molecule has 0 saturated carbocycles. The van der Waals surface area contributed by atoms with E-state index < -0.39 is 6.04 Å². The molecular weight excluding hydrogens is 445 g/mol. The number of unbranched alkanes of at least 4 members (excludes halogenated alkanes) is 2. The molecule has 35 heavy (non-hydrogen) atoms. The van der Waals surface area contributed by atoms with Crippen LogP contribution in [0.5, 0.6) is 0 Å². The van der Waals surface area contributed by atoms with Crippen molar-refractivity contribution < 1.29 is 18.8 Å². The van der Waals surface area contributed by atoms with Gasteiger partial charge in [-0.2, -0.15) is 0 Å². The Morgan fingerprint density at radius 1 is 1.03 bits per heavy atom. The van der Waals surface area contributed by atoms with Gasteiger partial charge < -0.3 is 9.80 Å². The van der Waals surface area contributed by atoms with Crippen molar-refractivity contribution in [1.29, 1.82) is 0 Å². The third-order valence-corrected chi connectivity index (χ3v) is 7.74. The SMILES string of the molecule is CC1CCc2cc(F)ccc2N1CCCCCc1cccc2c1CN(C1CCC(=O)NC1=O)C2=O. The number of fused-ring (bicyclic) bond motifs is 2. The van der Waals surface area contributed by atoms with Gasteiger partial charge in [-0.3, -0.25) is 19.7 Å². The molecule has 1 saturated heterocycles. The lowest BCUT2D eigenvalue weighted by atomic mass is 9.95. The van der Waals surface area contributed by atoms with Gasteiger partial charge in [0.05, 0.1) is 0 Å². The van der Waals surface area contributed by atoms with E-state index in [2.05, 4.69) is 23.2 Å². The van der Waals surface area contributed by atoms with Gasteiger partial charge in [-0.25, -0.2) is 4.39 Å². The first-order chi connectivity index (χ1) is 16.9. The van der Waals surface area contributed by atoms with E-state index in [9.17, 15) is 18.8 Å². The number of halogens is 1. The van der Waals surface area contributed by atoms with Crippen LogP contribution in [0, 0.1) is 5.82 Å². The molecule has 0 spiro atoms. The van der Waals surface area contributed by atoms with Crippen LogP contribution in [-0.2, 0) is 29.0 Å². The molecule has 7 heteroatoms. The number of carbonyl (C=O) groups excluding carboxylic acids is 3. The summed E-state index contributed by atoms with van der Waals surface area (Å²) < 4.78 is 13.6. The Hall–Kier alpha value is -3.22. The van der Waals surface area contributed by atoms with Crippen molar-refractivity contribution in [2.75, 3.05) is 11.4 Å². The summed E-state index contributed by atoms with van der Waals surface area (Å²) in [5.74, 6) is -0.931. The molecular formula is C28H32FN3O3. The first-order valence-corrected chi connectivity index (χ1v) is 12.7. The van der Waals surface area contributed by atoms with E-state index in [-0.39, 0.29) is 30.0 Å². The van der Waals surface area contributed by atoms with E-state index in [1.54, 1.807) is 17.0 Å². The lowest BCUT2D eigenvalue weighted by Crippen LogP contribution is -2.52. The number of amides is 3. The van der Waals surface area contributed by atoms with Crippen molar-refractivity contribution in [3.05, 3.63) is 64.5 Å². The smallest absolute Gasteiger partial charge is 0.255 e. The van der Waals surface area contributed by atoms with Gasteiger partial charge in [0.2, 0.25) is 11.8 Å². The summed E-state index contributed by atoms with van der Waals surface area (Å²) in [6.07, 6.45) is 6.63. The minimum atomic E-state index is -0.580. The Kier molecular flexibility index (Phi) is 6.58. The van der Waals surface area contributed by atoms with Gasteiger partial charge in [0.15, 0.2) is 0 Å².